The number of benzene rings is 1. The van der Waals surface area contributed by atoms with Crippen LogP contribution >= 0.6 is 11.6 Å². The predicted octanol–water partition coefficient (Wildman–Crippen LogP) is 3.42. The lowest BCUT2D eigenvalue weighted by atomic mass is 10.2. The van der Waals surface area contributed by atoms with Crippen molar-refractivity contribution >= 4 is 11.6 Å². The summed E-state index contributed by atoms with van der Waals surface area (Å²) in [6.45, 7) is 4.22. The van der Waals surface area contributed by atoms with Gasteiger partial charge < -0.3 is 10.1 Å². The van der Waals surface area contributed by atoms with Gasteiger partial charge in [0, 0.05) is 28.9 Å². The van der Waals surface area contributed by atoms with Crippen LogP contribution in [0.25, 0.3) is 0 Å². The molecule has 19 heavy (non-hydrogen) atoms. The minimum atomic E-state index is 0.449. The van der Waals surface area contributed by atoms with Crippen molar-refractivity contribution in [3.05, 3.63) is 58.9 Å². The van der Waals surface area contributed by atoms with E-state index in [1.807, 2.05) is 30.3 Å². The Labute approximate surface area is 118 Å². The van der Waals surface area contributed by atoms with Gasteiger partial charge in [0.1, 0.15) is 12.4 Å². The largest absolute Gasteiger partial charge is 0.487 e. The van der Waals surface area contributed by atoms with E-state index in [2.05, 4.69) is 17.2 Å². The first-order valence-corrected chi connectivity index (χ1v) is 6.69. The van der Waals surface area contributed by atoms with Gasteiger partial charge in [-0.15, -0.1) is 0 Å². The van der Waals surface area contributed by atoms with E-state index in [0.717, 1.165) is 35.0 Å². The van der Waals surface area contributed by atoms with Crippen molar-refractivity contribution in [2.75, 3.05) is 6.54 Å². The molecule has 0 spiro atoms. The fourth-order valence-electron chi connectivity index (χ4n) is 1.72. The van der Waals surface area contributed by atoms with E-state index < -0.39 is 0 Å². The van der Waals surface area contributed by atoms with Gasteiger partial charge >= 0.3 is 0 Å². The van der Waals surface area contributed by atoms with E-state index in [0.29, 0.717) is 6.61 Å². The molecule has 0 aliphatic rings. The fraction of sp³-hybridized carbons (Fsp3) is 0.267. The monoisotopic (exact) mass is 276 g/mol. The van der Waals surface area contributed by atoms with Crippen LogP contribution in [0, 0.1) is 0 Å². The predicted molar refractivity (Wildman–Crippen MR) is 77.4 cm³/mol. The normalized spacial score (nSPS) is 10.4. The summed E-state index contributed by atoms with van der Waals surface area (Å²) in [7, 11) is 0. The molecule has 2 rings (SSSR count). The first kappa shape index (κ1) is 13.8. The number of nitrogens with zero attached hydrogens (tertiary/aromatic N) is 1. The van der Waals surface area contributed by atoms with Gasteiger partial charge in [0.2, 0.25) is 0 Å². The summed E-state index contributed by atoms with van der Waals surface area (Å²) in [6.07, 6.45) is 3.51. The van der Waals surface area contributed by atoms with Crippen LogP contribution in [-0.4, -0.2) is 11.5 Å². The average molecular weight is 277 g/mol. The van der Waals surface area contributed by atoms with Crippen LogP contribution in [-0.2, 0) is 13.2 Å². The number of hydrogen-bond donors (Lipinski definition) is 1. The Bertz CT molecular complexity index is 531. The zero-order chi connectivity index (χ0) is 13.5. The molecule has 1 aromatic carbocycles. The number of rotatable bonds is 6. The number of halogens is 1. The van der Waals surface area contributed by atoms with Crippen molar-refractivity contribution in [1.29, 1.82) is 0 Å². The quantitative estimate of drug-likeness (QED) is 0.878. The van der Waals surface area contributed by atoms with E-state index >= 15 is 0 Å². The Morgan fingerprint density at radius 3 is 2.84 bits per heavy atom. The van der Waals surface area contributed by atoms with Crippen molar-refractivity contribution in [2.45, 2.75) is 20.1 Å². The summed E-state index contributed by atoms with van der Waals surface area (Å²) in [6, 6.07) is 9.65. The van der Waals surface area contributed by atoms with Crippen LogP contribution in [0.2, 0.25) is 5.02 Å². The number of hydrogen-bond acceptors (Lipinski definition) is 3. The molecular formula is C15H17ClN2O. The molecule has 0 aliphatic heterocycles. The number of nitrogens with one attached hydrogen (secondary N) is 1. The third kappa shape index (κ3) is 3.94. The zero-order valence-electron chi connectivity index (χ0n) is 10.9. The minimum Gasteiger partial charge on any atom is -0.487 e. The lowest BCUT2D eigenvalue weighted by Crippen LogP contribution is -2.13. The van der Waals surface area contributed by atoms with Gasteiger partial charge in [-0.2, -0.15) is 0 Å². The highest BCUT2D eigenvalue weighted by Gasteiger charge is 2.05. The zero-order valence-corrected chi connectivity index (χ0v) is 11.7. The van der Waals surface area contributed by atoms with Gasteiger partial charge in [0.15, 0.2) is 0 Å². The van der Waals surface area contributed by atoms with Gasteiger partial charge in [-0.1, -0.05) is 36.7 Å². The maximum Gasteiger partial charge on any atom is 0.142 e. The van der Waals surface area contributed by atoms with E-state index in [9.17, 15) is 0 Å². The van der Waals surface area contributed by atoms with Crippen molar-refractivity contribution in [3.8, 4) is 5.75 Å². The topological polar surface area (TPSA) is 34.2 Å². The summed E-state index contributed by atoms with van der Waals surface area (Å²) >= 11 is 6.11. The second kappa shape index (κ2) is 7.12. The van der Waals surface area contributed by atoms with E-state index in [1.54, 1.807) is 12.4 Å². The van der Waals surface area contributed by atoms with Crippen LogP contribution in [0.4, 0.5) is 0 Å². The van der Waals surface area contributed by atoms with Gasteiger partial charge in [0.25, 0.3) is 0 Å². The Kier molecular flexibility index (Phi) is 5.19. The molecule has 1 aromatic heterocycles. The SMILES string of the molecule is CCNCc1ccncc1OCc1ccccc1Cl. The smallest absolute Gasteiger partial charge is 0.142 e. The highest BCUT2D eigenvalue weighted by molar-refractivity contribution is 6.31. The number of pyridine rings is 1. The third-order valence-electron chi connectivity index (χ3n) is 2.78. The van der Waals surface area contributed by atoms with E-state index in [1.165, 1.54) is 0 Å². The molecule has 1 heterocycles. The molecule has 0 atom stereocenters. The summed E-state index contributed by atoms with van der Waals surface area (Å²) in [5, 5.41) is 4.00. The average Bonchev–Trinajstić information content (AvgIpc) is 2.45. The Morgan fingerprint density at radius 1 is 1.21 bits per heavy atom. The molecule has 0 saturated carbocycles. The van der Waals surface area contributed by atoms with Crippen molar-refractivity contribution in [3.63, 3.8) is 0 Å². The lowest BCUT2D eigenvalue weighted by molar-refractivity contribution is 0.301. The molecule has 0 unspecified atom stereocenters. The molecule has 0 radical (unpaired) electrons. The molecule has 0 fully saturated rings. The van der Waals surface area contributed by atoms with Gasteiger partial charge in [0.05, 0.1) is 6.20 Å². The number of aromatic nitrogens is 1. The lowest BCUT2D eigenvalue weighted by Gasteiger charge is -2.11. The Morgan fingerprint density at radius 2 is 2.05 bits per heavy atom. The summed E-state index contributed by atoms with van der Waals surface area (Å²) < 4.78 is 5.81. The molecule has 4 heteroatoms. The van der Waals surface area contributed by atoms with Crippen molar-refractivity contribution in [2.24, 2.45) is 0 Å². The third-order valence-corrected chi connectivity index (χ3v) is 3.15. The highest BCUT2D eigenvalue weighted by Crippen LogP contribution is 2.20. The summed E-state index contributed by atoms with van der Waals surface area (Å²) in [4.78, 5) is 4.10. The maximum absolute atomic E-state index is 6.11. The van der Waals surface area contributed by atoms with Crippen LogP contribution in [0.15, 0.2) is 42.7 Å². The second-order valence-electron chi connectivity index (χ2n) is 4.14. The Hall–Kier alpha value is -1.58. The molecule has 100 valence electrons. The fourth-order valence-corrected chi connectivity index (χ4v) is 1.91. The van der Waals surface area contributed by atoms with Crippen LogP contribution in [0.1, 0.15) is 18.1 Å². The molecule has 3 nitrogen and oxygen atoms in total. The van der Waals surface area contributed by atoms with E-state index in [4.69, 9.17) is 16.3 Å². The molecule has 0 bridgehead atoms. The minimum absolute atomic E-state index is 0.449. The summed E-state index contributed by atoms with van der Waals surface area (Å²) in [5.74, 6) is 0.795. The molecule has 2 aromatic rings. The van der Waals surface area contributed by atoms with Crippen molar-refractivity contribution < 1.29 is 4.74 Å². The van der Waals surface area contributed by atoms with Gasteiger partial charge in [-0.25, -0.2) is 0 Å². The maximum atomic E-state index is 6.11. The molecule has 0 aliphatic carbocycles. The molecule has 0 amide bonds. The van der Waals surface area contributed by atoms with Gasteiger partial charge in [-0.3, -0.25) is 4.98 Å². The van der Waals surface area contributed by atoms with Gasteiger partial charge in [-0.05, 0) is 18.7 Å². The second-order valence-corrected chi connectivity index (χ2v) is 4.55. The van der Waals surface area contributed by atoms with Crippen molar-refractivity contribution in [1.82, 2.24) is 10.3 Å². The Balaban J connectivity index is 2.05. The van der Waals surface area contributed by atoms with Crippen LogP contribution < -0.4 is 10.1 Å². The first-order chi connectivity index (χ1) is 9.31. The first-order valence-electron chi connectivity index (χ1n) is 6.31. The summed E-state index contributed by atoms with van der Waals surface area (Å²) in [5.41, 5.74) is 2.08. The van der Waals surface area contributed by atoms with Crippen LogP contribution in [0.3, 0.4) is 0 Å². The number of ether oxygens (including phenoxy) is 1. The van der Waals surface area contributed by atoms with Crippen LogP contribution in [0.5, 0.6) is 5.75 Å². The standard InChI is InChI=1S/C15H17ClN2O/c1-2-17-9-12-7-8-18-10-15(12)19-11-13-5-3-4-6-14(13)16/h3-8,10,17H,2,9,11H2,1H3. The highest BCUT2D eigenvalue weighted by atomic mass is 35.5. The molecule has 0 saturated heterocycles. The van der Waals surface area contributed by atoms with E-state index in [-0.39, 0.29) is 0 Å². The molecular weight excluding hydrogens is 260 g/mol. The molecule has 1 N–H and O–H groups in total.